The molecular formula is C19H14FN2O3-. The summed E-state index contributed by atoms with van der Waals surface area (Å²) in [5.41, 5.74) is 1.29. The molecule has 1 aromatic heterocycles. The molecule has 0 spiro atoms. The summed E-state index contributed by atoms with van der Waals surface area (Å²) in [5.74, 6) is -2.35. The number of aromatic nitrogens is 1. The van der Waals surface area contributed by atoms with Gasteiger partial charge in [-0.25, -0.2) is 4.39 Å². The minimum atomic E-state index is -1.46. The summed E-state index contributed by atoms with van der Waals surface area (Å²) in [4.78, 5) is 26.5. The van der Waals surface area contributed by atoms with Gasteiger partial charge < -0.3 is 20.2 Å². The molecule has 0 aliphatic heterocycles. The van der Waals surface area contributed by atoms with Crippen molar-refractivity contribution in [3.63, 3.8) is 0 Å². The molecule has 6 heteroatoms. The van der Waals surface area contributed by atoms with Gasteiger partial charge in [-0.15, -0.1) is 0 Å². The molecule has 0 saturated heterocycles. The van der Waals surface area contributed by atoms with Crippen LogP contribution in [0.2, 0.25) is 0 Å². The van der Waals surface area contributed by atoms with E-state index in [1.54, 1.807) is 0 Å². The lowest BCUT2D eigenvalue weighted by Crippen LogP contribution is -2.25. The number of nitrogens with one attached hydrogen (secondary N) is 2. The second-order valence-corrected chi connectivity index (χ2v) is 6.20. The van der Waals surface area contributed by atoms with Gasteiger partial charge in [-0.2, -0.15) is 0 Å². The van der Waals surface area contributed by atoms with Gasteiger partial charge in [0.15, 0.2) is 0 Å². The third kappa shape index (κ3) is 2.76. The molecule has 2 aromatic carbocycles. The second kappa shape index (κ2) is 5.73. The highest BCUT2D eigenvalue weighted by Gasteiger charge is 2.44. The molecule has 25 heavy (non-hydrogen) atoms. The van der Waals surface area contributed by atoms with Gasteiger partial charge in [-0.05, 0) is 36.1 Å². The molecule has 1 fully saturated rings. The lowest BCUT2D eigenvalue weighted by atomic mass is 10.1. The molecule has 4 rings (SSSR count). The number of carboxylic acid groups (broad SMARTS) is 1. The number of carbonyl (C=O) groups is 2. The van der Waals surface area contributed by atoms with Crippen LogP contribution in [0.3, 0.4) is 0 Å². The Balaban J connectivity index is 1.62. The summed E-state index contributed by atoms with van der Waals surface area (Å²) in [5, 5.41) is 14.3. The predicted molar refractivity (Wildman–Crippen MR) is 88.5 cm³/mol. The molecule has 0 radical (unpaired) electrons. The fourth-order valence-corrected chi connectivity index (χ4v) is 3.22. The minimum absolute atomic E-state index is 0.0539. The summed E-state index contributed by atoms with van der Waals surface area (Å²) >= 11 is 0. The van der Waals surface area contributed by atoms with E-state index < -0.39 is 11.8 Å². The Morgan fingerprint density at radius 1 is 1.16 bits per heavy atom. The molecule has 1 aliphatic rings. The van der Waals surface area contributed by atoms with Crippen molar-refractivity contribution in [3.05, 3.63) is 65.6 Å². The van der Waals surface area contributed by atoms with Gasteiger partial charge in [-0.1, -0.05) is 30.3 Å². The van der Waals surface area contributed by atoms with E-state index in [1.165, 1.54) is 18.2 Å². The lowest BCUT2D eigenvalue weighted by Gasteiger charge is -2.08. The molecule has 1 heterocycles. The second-order valence-electron chi connectivity index (χ2n) is 6.20. The van der Waals surface area contributed by atoms with Gasteiger partial charge in [0, 0.05) is 16.8 Å². The monoisotopic (exact) mass is 337 g/mol. The van der Waals surface area contributed by atoms with Crippen LogP contribution < -0.4 is 10.4 Å². The molecular weight excluding hydrogens is 323 g/mol. The number of anilines is 1. The number of halogens is 1. The molecule has 0 unspecified atom stereocenters. The quantitative estimate of drug-likeness (QED) is 0.767. The zero-order valence-electron chi connectivity index (χ0n) is 13.1. The highest BCUT2D eigenvalue weighted by atomic mass is 19.1. The molecule has 1 amide bonds. The molecule has 126 valence electrons. The maximum atomic E-state index is 13.5. The first-order chi connectivity index (χ1) is 12.0. The zero-order chi connectivity index (χ0) is 17.6. The van der Waals surface area contributed by atoms with E-state index in [-0.39, 0.29) is 29.1 Å². The van der Waals surface area contributed by atoms with Crippen molar-refractivity contribution in [3.8, 4) is 0 Å². The Kier molecular flexibility index (Phi) is 3.53. The normalized spacial score (nSPS) is 18.9. The van der Waals surface area contributed by atoms with E-state index >= 15 is 0 Å². The number of carbonyl (C=O) groups excluding carboxylic acids is 2. The number of amides is 1. The molecule has 0 bridgehead atoms. The molecule has 3 aromatic rings. The molecule has 2 atom stereocenters. The average molecular weight is 337 g/mol. The van der Waals surface area contributed by atoms with Crippen LogP contribution in [0.4, 0.5) is 10.1 Å². The maximum absolute atomic E-state index is 13.5. The van der Waals surface area contributed by atoms with Crippen LogP contribution in [-0.2, 0) is 4.79 Å². The van der Waals surface area contributed by atoms with Crippen LogP contribution >= 0.6 is 0 Å². The highest BCUT2D eigenvalue weighted by Crippen LogP contribution is 2.48. The lowest BCUT2D eigenvalue weighted by molar-refractivity contribution is -0.255. The number of H-pyrrole nitrogens is 1. The standard InChI is InChI=1S/C19H15FN2O3/c20-11-6-7-15-14(8-11)16(17(21-15)19(24)25)22-18(23)13-9-12(13)10-4-2-1-3-5-10/h1-8,12-13,21H,9H2,(H,22,23)(H,24,25)/p-1/t12-,13-/m1/s1. The number of aromatic amines is 1. The van der Waals surface area contributed by atoms with Crippen LogP contribution in [0.1, 0.15) is 28.4 Å². The van der Waals surface area contributed by atoms with Crippen molar-refractivity contribution in [2.24, 2.45) is 5.92 Å². The average Bonchev–Trinajstić information content (AvgIpc) is 3.33. The predicted octanol–water partition coefficient (Wildman–Crippen LogP) is 2.41. The van der Waals surface area contributed by atoms with Crippen molar-refractivity contribution in [1.82, 2.24) is 4.98 Å². The Bertz CT molecular complexity index is 981. The van der Waals surface area contributed by atoms with Crippen LogP contribution in [0.15, 0.2) is 48.5 Å². The van der Waals surface area contributed by atoms with Crippen LogP contribution in [0, 0.1) is 11.7 Å². The fourth-order valence-electron chi connectivity index (χ4n) is 3.22. The van der Waals surface area contributed by atoms with E-state index in [0.29, 0.717) is 17.3 Å². The Hall–Kier alpha value is -3.15. The van der Waals surface area contributed by atoms with Crippen LogP contribution in [0.5, 0.6) is 0 Å². The van der Waals surface area contributed by atoms with Gasteiger partial charge in [-0.3, -0.25) is 4.79 Å². The maximum Gasteiger partial charge on any atom is 0.228 e. The fraction of sp³-hybridized carbons (Fsp3) is 0.158. The number of benzene rings is 2. The number of hydrogen-bond donors (Lipinski definition) is 2. The zero-order valence-corrected chi connectivity index (χ0v) is 13.1. The van der Waals surface area contributed by atoms with E-state index in [9.17, 15) is 19.1 Å². The highest BCUT2D eigenvalue weighted by molar-refractivity contribution is 6.11. The van der Waals surface area contributed by atoms with Gasteiger partial charge in [0.25, 0.3) is 0 Å². The number of hydrogen-bond acceptors (Lipinski definition) is 3. The van der Waals surface area contributed by atoms with Crippen molar-refractivity contribution < 1.29 is 19.1 Å². The van der Waals surface area contributed by atoms with E-state index in [0.717, 1.165) is 5.56 Å². The van der Waals surface area contributed by atoms with Gasteiger partial charge in [0.1, 0.15) is 5.82 Å². The van der Waals surface area contributed by atoms with Gasteiger partial charge >= 0.3 is 0 Å². The summed E-state index contributed by atoms with van der Waals surface area (Å²) in [6, 6.07) is 13.5. The first kappa shape index (κ1) is 15.4. The van der Waals surface area contributed by atoms with Crippen LogP contribution in [-0.4, -0.2) is 16.9 Å². The van der Waals surface area contributed by atoms with Crippen molar-refractivity contribution in [1.29, 1.82) is 0 Å². The van der Waals surface area contributed by atoms with E-state index in [4.69, 9.17) is 0 Å². The number of rotatable bonds is 4. The first-order valence-electron chi connectivity index (χ1n) is 7.93. The molecule has 2 N–H and O–H groups in total. The smallest absolute Gasteiger partial charge is 0.228 e. The molecule has 1 saturated carbocycles. The molecule has 1 aliphatic carbocycles. The van der Waals surface area contributed by atoms with E-state index in [1.807, 2.05) is 30.3 Å². The minimum Gasteiger partial charge on any atom is -0.543 e. The third-order valence-corrected chi connectivity index (χ3v) is 4.57. The van der Waals surface area contributed by atoms with Gasteiger partial charge in [0.05, 0.1) is 17.4 Å². The Labute approximate surface area is 142 Å². The Morgan fingerprint density at radius 3 is 2.64 bits per heavy atom. The topological polar surface area (TPSA) is 85.0 Å². The van der Waals surface area contributed by atoms with E-state index in [2.05, 4.69) is 10.3 Å². The number of fused-ring (bicyclic) bond motifs is 1. The first-order valence-corrected chi connectivity index (χ1v) is 7.93. The van der Waals surface area contributed by atoms with Crippen molar-refractivity contribution >= 4 is 28.5 Å². The van der Waals surface area contributed by atoms with Gasteiger partial charge in [0.2, 0.25) is 5.91 Å². The van der Waals surface area contributed by atoms with Crippen molar-refractivity contribution in [2.45, 2.75) is 12.3 Å². The third-order valence-electron chi connectivity index (χ3n) is 4.57. The summed E-state index contributed by atoms with van der Waals surface area (Å²) in [6.45, 7) is 0. The summed E-state index contributed by atoms with van der Waals surface area (Å²) < 4.78 is 13.5. The van der Waals surface area contributed by atoms with Crippen molar-refractivity contribution in [2.75, 3.05) is 5.32 Å². The SMILES string of the molecule is O=C([O-])c1[nH]c2ccc(F)cc2c1NC(=O)[C@@H]1C[C@@H]1c1ccccc1. The number of aromatic carboxylic acids is 1. The molecule has 5 nitrogen and oxygen atoms in total. The largest absolute Gasteiger partial charge is 0.543 e. The summed E-state index contributed by atoms with van der Waals surface area (Å²) in [7, 11) is 0. The Morgan fingerprint density at radius 2 is 1.92 bits per heavy atom. The summed E-state index contributed by atoms with van der Waals surface area (Å²) in [6.07, 6.45) is 0.702. The number of carboxylic acids is 1. The van der Waals surface area contributed by atoms with Crippen LogP contribution in [0.25, 0.3) is 10.9 Å².